The number of rotatable bonds is 6. The number of sulfonamides is 1. The van der Waals surface area contributed by atoms with E-state index in [0.29, 0.717) is 18.5 Å². The van der Waals surface area contributed by atoms with Crippen LogP contribution in [0.1, 0.15) is 36.9 Å². The van der Waals surface area contributed by atoms with E-state index in [1.165, 1.54) is 16.4 Å². The Bertz CT molecular complexity index is 1290. The second-order valence-corrected chi connectivity index (χ2v) is 11.2. The number of hydrogen-bond donors (Lipinski definition) is 0. The molecule has 1 unspecified atom stereocenters. The molecule has 36 heavy (non-hydrogen) atoms. The zero-order valence-electron chi connectivity index (χ0n) is 19.1. The van der Waals surface area contributed by atoms with Gasteiger partial charge in [0.05, 0.1) is 22.5 Å². The van der Waals surface area contributed by atoms with Gasteiger partial charge in [-0.25, -0.2) is 8.42 Å². The molecule has 1 atom stereocenters. The van der Waals surface area contributed by atoms with Crippen LogP contribution in [0.2, 0.25) is 5.02 Å². The third-order valence-electron chi connectivity index (χ3n) is 6.32. The van der Waals surface area contributed by atoms with Crippen molar-refractivity contribution in [3.8, 4) is 0 Å². The van der Waals surface area contributed by atoms with E-state index < -0.39 is 40.3 Å². The molecule has 5 nitrogen and oxygen atoms in total. The lowest BCUT2D eigenvalue weighted by molar-refractivity contribution is -0.249. The number of benzene rings is 2. The molecule has 0 fully saturated rings. The van der Waals surface area contributed by atoms with Crippen LogP contribution in [0, 0.1) is 0 Å². The van der Waals surface area contributed by atoms with Gasteiger partial charge >= 0.3 is 12.1 Å². The first-order valence-corrected chi connectivity index (χ1v) is 13.2. The SMILES string of the molecule is CCS(=O)(=O)N1CC=C(c2ccc(C3CC(C(F)(F)C(F)(F)F)=NN3c3ccccc3Cl)cc2)CC1. The summed E-state index contributed by atoms with van der Waals surface area (Å²) in [4.78, 5) is 0. The van der Waals surface area contributed by atoms with Crippen LogP contribution in [-0.4, -0.2) is 49.4 Å². The van der Waals surface area contributed by atoms with E-state index >= 15 is 0 Å². The molecule has 0 N–H and O–H groups in total. The summed E-state index contributed by atoms with van der Waals surface area (Å²) >= 11 is 6.22. The molecule has 2 aliphatic rings. The van der Waals surface area contributed by atoms with Crippen LogP contribution in [0.25, 0.3) is 5.57 Å². The minimum absolute atomic E-state index is 0.0195. The molecule has 0 saturated carbocycles. The van der Waals surface area contributed by atoms with Crippen molar-refractivity contribution in [3.05, 3.63) is 70.8 Å². The van der Waals surface area contributed by atoms with Gasteiger partial charge in [-0.2, -0.15) is 31.4 Å². The monoisotopic (exact) mass is 547 g/mol. The molecule has 2 aromatic rings. The Kier molecular flexibility index (Phi) is 7.20. The van der Waals surface area contributed by atoms with E-state index in [1.807, 2.05) is 6.08 Å². The first kappa shape index (κ1) is 26.6. The summed E-state index contributed by atoms with van der Waals surface area (Å²) in [5.41, 5.74) is 1.17. The van der Waals surface area contributed by atoms with Crippen molar-refractivity contribution >= 4 is 38.6 Å². The number of anilines is 1. The van der Waals surface area contributed by atoms with Crippen molar-refractivity contribution in [2.45, 2.75) is 37.9 Å². The summed E-state index contributed by atoms with van der Waals surface area (Å²) in [7, 11) is -3.29. The maximum atomic E-state index is 14.2. The van der Waals surface area contributed by atoms with Crippen LogP contribution in [0.4, 0.5) is 27.6 Å². The molecule has 0 aliphatic carbocycles. The Labute approximate surface area is 210 Å². The van der Waals surface area contributed by atoms with Crippen LogP contribution in [-0.2, 0) is 10.0 Å². The van der Waals surface area contributed by atoms with Gasteiger partial charge in [0.1, 0.15) is 5.71 Å². The normalized spacial score (nSPS) is 19.9. The summed E-state index contributed by atoms with van der Waals surface area (Å²) in [6.45, 7) is 2.18. The molecule has 12 heteroatoms. The quantitative estimate of drug-likeness (QED) is 0.400. The maximum absolute atomic E-state index is 14.2. The van der Waals surface area contributed by atoms with Gasteiger partial charge in [0.2, 0.25) is 10.0 Å². The Balaban J connectivity index is 1.62. The van der Waals surface area contributed by atoms with E-state index in [-0.39, 0.29) is 23.0 Å². The van der Waals surface area contributed by atoms with Crippen LogP contribution in [0.15, 0.2) is 59.7 Å². The molecular weight excluding hydrogens is 525 g/mol. The zero-order chi connectivity index (χ0) is 26.3. The van der Waals surface area contributed by atoms with Gasteiger partial charge in [-0.15, -0.1) is 0 Å². The van der Waals surface area contributed by atoms with E-state index in [0.717, 1.165) is 16.1 Å². The number of halogens is 6. The van der Waals surface area contributed by atoms with Crippen LogP contribution in [0.3, 0.4) is 0 Å². The average Bonchev–Trinajstić information content (AvgIpc) is 3.30. The number of nitrogens with zero attached hydrogens (tertiary/aromatic N) is 3. The molecule has 2 heterocycles. The standard InChI is InChI=1S/C24H23ClF5N3O2S/c1-2-36(34,35)32-13-11-17(12-14-32)16-7-9-18(10-8-16)21-15-22(23(26,27)24(28,29)30)31-33(21)20-6-4-3-5-19(20)25/h3-11,21H,2,12-15H2,1H3. The lowest BCUT2D eigenvalue weighted by Gasteiger charge is -2.26. The largest absolute Gasteiger partial charge is 0.459 e. The molecule has 0 aromatic heterocycles. The van der Waals surface area contributed by atoms with Crippen molar-refractivity contribution in [2.75, 3.05) is 23.9 Å². The number of para-hydroxylation sites is 1. The van der Waals surface area contributed by atoms with Crippen LogP contribution < -0.4 is 5.01 Å². The Morgan fingerprint density at radius 1 is 1.06 bits per heavy atom. The molecule has 2 aromatic carbocycles. The topological polar surface area (TPSA) is 53.0 Å². The maximum Gasteiger partial charge on any atom is 0.459 e. The first-order valence-electron chi connectivity index (χ1n) is 11.2. The number of alkyl halides is 5. The summed E-state index contributed by atoms with van der Waals surface area (Å²) in [5, 5.41) is 4.96. The molecule has 0 spiro atoms. The van der Waals surface area contributed by atoms with Gasteiger partial charge in [-0.05, 0) is 42.2 Å². The van der Waals surface area contributed by atoms with Crippen molar-refractivity contribution in [3.63, 3.8) is 0 Å². The Hall–Kier alpha value is -2.50. The second-order valence-electron chi connectivity index (χ2n) is 8.49. The molecule has 4 rings (SSSR count). The molecule has 0 saturated heterocycles. The predicted molar refractivity (Wildman–Crippen MR) is 130 cm³/mol. The summed E-state index contributed by atoms with van der Waals surface area (Å²) in [6, 6.07) is 12.1. The lowest BCUT2D eigenvalue weighted by atomic mass is 9.94. The van der Waals surface area contributed by atoms with E-state index in [2.05, 4.69) is 5.10 Å². The third-order valence-corrected chi connectivity index (χ3v) is 8.49. The van der Waals surface area contributed by atoms with Gasteiger partial charge in [0, 0.05) is 19.5 Å². The fourth-order valence-electron chi connectivity index (χ4n) is 4.25. The smallest absolute Gasteiger partial charge is 0.256 e. The lowest BCUT2D eigenvalue weighted by Crippen LogP contribution is -2.43. The zero-order valence-corrected chi connectivity index (χ0v) is 20.7. The summed E-state index contributed by atoms with van der Waals surface area (Å²) in [6.07, 6.45) is -4.09. The molecule has 0 amide bonds. The molecule has 194 valence electrons. The molecule has 0 radical (unpaired) electrons. The van der Waals surface area contributed by atoms with Crippen LogP contribution >= 0.6 is 11.6 Å². The van der Waals surface area contributed by atoms with E-state index in [4.69, 9.17) is 11.6 Å². The molecule has 0 bridgehead atoms. The average molecular weight is 548 g/mol. The van der Waals surface area contributed by atoms with Crippen molar-refractivity contribution in [2.24, 2.45) is 5.10 Å². The summed E-state index contributed by atoms with van der Waals surface area (Å²) < 4.78 is 93.2. The predicted octanol–water partition coefficient (Wildman–Crippen LogP) is 6.28. The number of hydrogen-bond acceptors (Lipinski definition) is 4. The molecule has 2 aliphatic heterocycles. The van der Waals surface area contributed by atoms with Crippen molar-refractivity contribution in [1.82, 2.24) is 4.31 Å². The first-order chi connectivity index (χ1) is 16.8. The van der Waals surface area contributed by atoms with E-state index in [1.54, 1.807) is 43.3 Å². The highest BCUT2D eigenvalue weighted by atomic mass is 35.5. The van der Waals surface area contributed by atoms with Gasteiger partial charge in [0.15, 0.2) is 0 Å². The van der Waals surface area contributed by atoms with Gasteiger partial charge in [-0.3, -0.25) is 5.01 Å². The highest BCUT2D eigenvalue weighted by molar-refractivity contribution is 7.89. The van der Waals surface area contributed by atoms with Crippen LogP contribution in [0.5, 0.6) is 0 Å². The van der Waals surface area contributed by atoms with Gasteiger partial charge in [-0.1, -0.05) is 54.1 Å². The second kappa shape index (κ2) is 9.75. The number of hydrazone groups is 1. The van der Waals surface area contributed by atoms with Crippen molar-refractivity contribution in [1.29, 1.82) is 0 Å². The van der Waals surface area contributed by atoms with Crippen molar-refractivity contribution < 1.29 is 30.4 Å². The Morgan fingerprint density at radius 3 is 2.28 bits per heavy atom. The minimum Gasteiger partial charge on any atom is -0.256 e. The van der Waals surface area contributed by atoms with Gasteiger partial charge < -0.3 is 0 Å². The fraction of sp³-hybridized carbons (Fsp3) is 0.375. The minimum atomic E-state index is -5.77. The van der Waals surface area contributed by atoms with E-state index in [9.17, 15) is 30.4 Å². The fourth-order valence-corrected chi connectivity index (χ4v) is 5.51. The molecular formula is C24H23ClF5N3O2S. The van der Waals surface area contributed by atoms with Gasteiger partial charge in [0.25, 0.3) is 0 Å². The highest BCUT2D eigenvalue weighted by Gasteiger charge is 2.62. The highest BCUT2D eigenvalue weighted by Crippen LogP contribution is 2.45. The summed E-state index contributed by atoms with van der Waals surface area (Å²) in [5.74, 6) is -5.07. The third kappa shape index (κ3) is 5.01. The Morgan fingerprint density at radius 2 is 1.72 bits per heavy atom.